The summed E-state index contributed by atoms with van der Waals surface area (Å²) in [4.78, 5) is 25.3. The molecule has 3 saturated carbocycles. The smallest absolute Gasteiger partial charge is 0.229 e. The van der Waals surface area contributed by atoms with E-state index in [-0.39, 0.29) is 41.2 Å². The second kappa shape index (κ2) is 11.7. The fourth-order valence-electron chi connectivity index (χ4n) is 11.3. The van der Waals surface area contributed by atoms with Crippen LogP contribution >= 0.6 is 0 Å². The quantitative estimate of drug-likeness (QED) is 0.257. The number of hydrogen-bond donors (Lipinski definition) is 3. The van der Waals surface area contributed by atoms with Crippen molar-refractivity contribution in [2.75, 3.05) is 13.2 Å². The summed E-state index contributed by atoms with van der Waals surface area (Å²) in [6.45, 7) is 11.1. The number of carbonyl (C=O) groups is 2. The number of aromatic hydroxyl groups is 1. The molecule has 2 heterocycles. The monoisotopic (exact) mass is 618 g/mol. The van der Waals surface area contributed by atoms with Crippen molar-refractivity contribution in [3.8, 4) is 5.75 Å². The summed E-state index contributed by atoms with van der Waals surface area (Å²) in [7, 11) is 0. The van der Waals surface area contributed by atoms with Crippen molar-refractivity contribution in [3.63, 3.8) is 0 Å². The van der Waals surface area contributed by atoms with Gasteiger partial charge in [-0.15, -0.1) is 0 Å². The van der Waals surface area contributed by atoms with E-state index in [0.717, 1.165) is 44.3 Å². The molecule has 7 rings (SSSR count). The van der Waals surface area contributed by atoms with Crippen molar-refractivity contribution in [3.05, 3.63) is 41.5 Å². The van der Waals surface area contributed by atoms with Gasteiger partial charge >= 0.3 is 0 Å². The number of allylic oxidation sites excluding steroid dienone is 1. The average Bonchev–Trinajstić information content (AvgIpc) is 3.45. The van der Waals surface area contributed by atoms with Crippen LogP contribution in [0.3, 0.4) is 0 Å². The lowest BCUT2D eigenvalue weighted by atomic mass is 9.46. The number of nitrogens with one attached hydrogen (secondary N) is 2. The van der Waals surface area contributed by atoms with E-state index in [0.29, 0.717) is 60.0 Å². The summed E-state index contributed by atoms with van der Waals surface area (Å²) in [5.41, 5.74) is 3.09. The van der Waals surface area contributed by atoms with Gasteiger partial charge in [0.25, 0.3) is 0 Å². The fourth-order valence-corrected chi connectivity index (χ4v) is 11.3. The number of phenolic OH excluding ortho intramolecular Hbond substituents is 1. The predicted octanol–water partition coefficient (Wildman–Crippen LogP) is 6.29. The van der Waals surface area contributed by atoms with Crippen LogP contribution in [0, 0.1) is 46.3 Å². The third kappa shape index (κ3) is 5.44. The highest BCUT2D eigenvalue weighted by Gasteiger charge is 2.68. The van der Waals surface area contributed by atoms with Crippen molar-refractivity contribution >= 4 is 11.8 Å². The number of amides is 2. The summed E-state index contributed by atoms with van der Waals surface area (Å²) in [5, 5.41) is 15.5. The second-order valence-corrected chi connectivity index (χ2v) is 16.2. The lowest BCUT2D eigenvalue weighted by Crippen LogP contribution is -2.53. The molecule has 1 aromatic carbocycles. The molecule has 7 heteroatoms. The predicted molar refractivity (Wildman–Crippen MR) is 173 cm³/mol. The van der Waals surface area contributed by atoms with Crippen LogP contribution in [0.2, 0.25) is 0 Å². The lowest BCUT2D eigenvalue weighted by Gasteiger charge is -2.58. The molecule has 2 amide bonds. The van der Waals surface area contributed by atoms with E-state index in [1.807, 2.05) is 12.1 Å². The Bertz CT molecular complexity index is 1320. The van der Waals surface area contributed by atoms with E-state index in [2.05, 4.69) is 44.4 Å². The first-order valence-corrected chi connectivity index (χ1v) is 17.9. The van der Waals surface area contributed by atoms with Crippen molar-refractivity contribution in [1.82, 2.24) is 10.6 Å². The molecule has 3 N–H and O–H groups in total. The van der Waals surface area contributed by atoms with Crippen molar-refractivity contribution in [2.45, 2.75) is 116 Å². The Labute approximate surface area is 269 Å². The second-order valence-electron chi connectivity index (χ2n) is 16.2. The molecule has 1 spiro atoms. The summed E-state index contributed by atoms with van der Waals surface area (Å²) in [6, 6.07) is 7.07. The summed E-state index contributed by atoms with van der Waals surface area (Å²) >= 11 is 0. The Kier molecular flexibility index (Phi) is 8.12. The van der Waals surface area contributed by atoms with Crippen LogP contribution in [0.5, 0.6) is 5.75 Å². The number of phenols is 1. The van der Waals surface area contributed by atoms with Gasteiger partial charge in [-0.2, -0.15) is 0 Å². The van der Waals surface area contributed by atoms with Gasteiger partial charge in [0.1, 0.15) is 12.2 Å². The zero-order valence-electron chi connectivity index (χ0n) is 27.8. The van der Waals surface area contributed by atoms with Gasteiger partial charge in [0.05, 0.1) is 12.7 Å². The topological polar surface area (TPSA) is 96.9 Å². The molecule has 2 aliphatic heterocycles. The number of fused-ring (bicyclic) bond motifs is 7. The Hall–Kier alpha value is -2.38. The van der Waals surface area contributed by atoms with Crippen LogP contribution in [-0.4, -0.2) is 48.0 Å². The summed E-state index contributed by atoms with van der Waals surface area (Å²) in [5.74, 6) is 3.22. The number of benzene rings is 1. The highest BCUT2D eigenvalue weighted by Crippen LogP contribution is 2.70. The Morgan fingerprint density at radius 3 is 2.56 bits per heavy atom. The molecule has 45 heavy (non-hydrogen) atoms. The zero-order valence-corrected chi connectivity index (χ0v) is 27.8. The van der Waals surface area contributed by atoms with E-state index in [1.54, 1.807) is 12.1 Å². The van der Waals surface area contributed by atoms with Gasteiger partial charge < -0.3 is 25.2 Å². The summed E-state index contributed by atoms with van der Waals surface area (Å²) in [6.07, 6.45) is 13.5. The molecule has 0 aromatic heterocycles. The number of hydrogen-bond acceptors (Lipinski definition) is 5. The third-order valence-electron chi connectivity index (χ3n) is 13.7. The first kappa shape index (κ1) is 31.2. The lowest BCUT2D eigenvalue weighted by molar-refractivity contribution is -0.272. The van der Waals surface area contributed by atoms with Crippen molar-refractivity contribution in [1.29, 1.82) is 0 Å². The number of ether oxygens (including phenoxy) is 2. The Balaban J connectivity index is 0.941. The molecular formula is C38H54N2O5. The maximum absolute atomic E-state index is 12.8. The van der Waals surface area contributed by atoms with E-state index in [9.17, 15) is 14.7 Å². The zero-order chi connectivity index (χ0) is 31.6. The van der Waals surface area contributed by atoms with Crippen LogP contribution in [0.4, 0.5) is 0 Å². The van der Waals surface area contributed by atoms with Crippen LogP contribution in [0.15, 0.2) is 35.9 Å². The summed E-state index contributed by atoms with van der Waals surface area (Å²) < 4.78 is 13.5. The van der Waals surface area contributed by atoms with Gasteiger partial charge in [0.15, 0.2) is 5.79 Å². The third-order valence-corrected chi connectivity index (χ3v) is 13.7. The molecule has 0 bridgehead atoms. The van der Waals surface area contributed by atoms with Crippen molar-refractivity contribution in [2.24, 2.45) is 46.3 Å². The van der Waals surface area contributed by atoms with Gasteiger partial charge in [-0.3, -0.25) is 9.59 Å². The highest BCUT2D eigenvalue weighted by molar-refractivity contribution is 5.97. The SMILES string of the molecule is C[C@@H]1CC[C@@]2(OC1)O[C@H]1C[C@H]3[C@@H]4CC=C5C[C@@H](NC(=O)CC(=O)NCCc6ccc(O)cc6)CC[C@]5(C)[C@H]4CC[C@]3(C)[C@H]1[C@@H]2C. The maximum Gasteiger partial charge on any atom is 0.229 e. The van der Waals surface area contributed by atoms with Crippen LogP contribution < -0.4 is 10.6 Å². The maximum atomic E-state index is 12.8. The number of carbonyl (C=O) groups excluding carboxylic acids is 2. The van der Waals surface area contributed by atoms with E-state index in [4.69, 9.17) is 9.47 Å². The molecule has 11 atom stereocenters. The standard InChI is InChI=1S/C38H54N2O5/c1-23-11-17-38(44-22-23)24(2)35-32(45-38)20-31-29-10-7-26-19-27(12-15-36(26,3)30(29)13-16-37(31,35)4)40-34(43)21-33(42)39-18-14-25-5-8-28(41)9-6-25/h5-9,23-24,27,29-32,35,41H,10-22H2,1-4H3,(H,39,42)(H,40,43)/t23-,24+,27+,29-,30+,31+,32+,35+,36+,37+,38-/m1/s1. The highest BCUT2D eigenvalue weighted by atomic mass is 16.7. The molecule has 6 aliphatic rings. The van der Waals surface area contributed by atoms with E-state index in [1.165, 1.54) is 31.3 Å². The largest absolute Gasteiger partial charge is 0.508 e. The normalized spacial score (nSPS) is 43.4. The van der Waals surface area contributed by atoms with Gasteiger partial charge in [-0.25, -0.2) is 0 Å². The minimum Gasteiger partial charge on any atom is -0.508 e. The molecule has 2 saturated heterocycles. The van der Waals surface area contributed by atoms with Crippen LogP contribution in [0.25, 0.3) is 0 Å². The fraction of sp³-hybridized carbons (Fsp3) is 0.737. The van der Waals surface area contributed by atoms with Crippen molar-refractivity contribution < 1.29 is 24.2 Å². The minimum atomic E-state index is -0.352. The molecule has 7 nitrogen and oxygen atoms in total. The van der Waals surface area contributed by atoms with Crippen LogP contribution in [0.1, 0.15) is 97.5 Å². The van der Waals surface area contributed by atoms with Gasteiger partial charge in [0.2, 0.25) is 11.8 Å². The van der Waals surface area contributed by atoms with E-state index < -0.39 is 0 Å². The van der Waals surface area contributed by atoms with Crippen LogP contribution in [-0.2, 0) is 25.5 Å². The van der Waals surface area contributed by atoms with Gasteiger partial charge in [0, 0.05) is 24.9 Å². The van der Waals surface area contributed by atoms with Gasteiger partial charge in [-0.05, 0) is 116 Å². The molecule has 4 aliphatic carbocycles. The molecular weight excluding hydrogens is 564 g/mol. The molecule has 246 valence electrons. The molecule has 5 fully saturated rings. The minimum absolute atomic E-state index is 0.0986. The van der Waals surface area contributed by atoms with E-state index >= 15 is 0 Å². The first-order chi connectivity index (χ1) is 21.5. The number of rotatable bonds is 6. The first-order valence-electron chi connectivity index (χ1n) is 17.9. The Morgan fingerprint density at radius 1 is 1.00 bits per heavy atom. The Morgan fingerprint density at radius 2 is 1.80 bits per heavy atom. The average molecular weight is 619 g/mol. The van der Waals surface area contributed by atoms with Gasteiger partial charge in [-0.1, -0.05) is 51.5 Å². The molecule has 0 unspecified atom stereocenters. The molecule has 0 radical (unpaired) electrons. The molecule has 1 aromatic rings.